The molecule has 3 heterocycles. The number of carbonyl (C=O) groups is 2. The van der Waals surface area contributed by atoms with E-state index < -0.39 is 36.5 Å². The summed E-state index contributed by atoms with van der Waals surface area (Å²) in [7, 11) is 0. The summed E-state index contributed by atoms with van der Waals surface area (Å²) < 4.78 is 66.5. The van der Waals surface area contributed by atoms with Gasteiger partial charge in [-0.05, 0) is 18.2 Å². The number of amides is 1. The van der Waals surface area contributed by atoms with Gasteiger partial charge in [0.1, 0.15) is 0 Å². The van der Waals surface area contributed by atoms with Crippen molar-refractivity contribution in [2.75, 3.05) is 13.1 Å². The van der Waals surface area contributed by atoms with E-state index in [4.69, 9.17) is 14.6 Å². The van der Waals surface area contributed by atoms with Gasteiger partial charge in [-0.1, -0.05) is 36.4 Å². The van der Waals surface area contributed by atoms with Crippen LogP contribution in [0.25, 0.3) is 21.8 Å². The van der Waals surface area contributed by atoms with E-state index in [9.17, 15) is 26.7 Å². The van der Waals surface area contributed by atoms with Gasteiger partial charge in [0.2, 0.25) is 5.88 Å². The molecule has 1 saturated heterocycles. The van der Waals surface area contributed by atoms with E-state index in [0.717, 1.165) is 10.9 Å². The molecule has 8 nitrogen and oxygen atoms in total. The summed E-state index contributed by atoms with van der Waals surface area (Å²) in [5.41, 5.74) is 1.60. The van der Waals surface area contributed by atoms with Crippen molar-refractivity contribution in [2.24, 2.45) is 0 Å². The standard InChI is InChI=1S/C22H18F2N4O2.C2HF3O2/c23-22(24)11-12-28(21(29)20-15-6-2-4-8-17(15)26-27-20)13-18(22)30-19-10-9-14-5-1-3-7-16(14)25-19;3-2(4,5)1(6)7/h1-10,18H,11-13H2,(H,26,27);(H,6,7). The van der Waals surface area contributed by atoms with Crippen LogP contribution in [0.15, 0.2) is 60.7 Å². The van der Waals surface area contributed by atoms with E-state index in [2.05, 4.69) is 15.2 Å². The Morgan fingerprint density at radius 3 is 2.46 bits per heavy atom. The average Bonchev–Trinajstić information content (AvgIpc) is 3.29. The molecule has 37 heavy (non-hydrogen) atoms. The van der Waals surface area contributed by atoms with Gasteiger partial charge in [-0.2, -0.15) is 18.3 Å². The monoisotopic (exact) mass is 522 g/mol. The molecule has 1 aliphatic heterocycles. The van der Waals surface area contributed by atoms with Crippen molar-refractivity contribution >= 4 is 33.7 Å². The Bertz CT molecular complexity index is 1440. The Hall–Kier alpha value is -4.29. The first-order chi connectivity index (χ1) is 17.5. The normalized spacial score (nSPS) is 17.2. The minimum absolute atomic E-state index is 0.0714. The first-order valence-electron chi connectivity index (χ1n) is 10.9. The van der Waals surface area contributed by atoms with Crippen LogP contribution in [0.4, 0.5) is 22.0 Å². The van der Waals surface area contributed by atoms with E-state index in [1.165, 1.54) is 4.90 Å². The van der Waals surface area contributed by atoms with Gasteiger partial charge in [0.25, 0.3) is 11.8 Å². The summed E-state index contributed by atoms with van der Waals surface area (Å²) in [6, 6.07) is 17.9. The number of carbonyl (C=O) groups excluding carboxylic acids is 1. The van der Waals surface area contributed by atoms with Crippen molar-refractivity contribution in [3.8, 4) is 5.88 Å². The number of hydrogen-bond donors (Lipinski definition) is 2. The molecule has 5 rings (SSSR count). The molecule has 194 valence electrons. The number of nitrogens with zero attached hydrogens (tertiary/aromatic N) is 3. The zero-order chi connectivity index (χ0) is 26.8. The van der Waals surface area contributed by atoms with E-state index in [1.54, 1.807) is 36.4 Å². The van der Waals surface area contributed by atoms with Crippen molar-refractivity contribution in [3.05, 3.63) is 66.4 Å². The number of likely N-dealkylation sites (tertiary alicyclic amines) is 1. The number of benzene rings is 2. The number of ether oxygens (including phenoxy) is 1. The molecule has 13 heteroatoms. The number of aliphatic carboxylic acids is 1. The molecule has 0 spiro atoms. The van der Waals surface area contributed by atoms with Gasteiger partial charge in [-0.15, -0.1) is 0 Å². The molecular formula is C24H19F5N4O4. The Balaban J connectivity index is 0.000000405. The number of carboxylic acid groups (broad SMARTS) is 1. The Labute approximate surface area is 205 Å². The third-order valence-corrected chi connectivity index (χ3v) is 5.61. The predicted molar refractivity (Wildman–Crippen MR) is 121 cm³/mol. The fourth-order valence-corrected chi connectivity index (χ4v) is 3.71. The number of halogens is 5. The highest BCUT2D eigenvalue weighted by atomic mass is 19.4. The highest BCUT2D eigenvalue weighted by Gasteiger charge is 2.47. The summed E-state index contributed by atoms with van der Waals surface area (Å²) in [6.07, 6.45) is -7.06. The number of H-pyrrole nitrogens is 1. The maximum absolute atomic E-state index is 14.6. The van der Waals surface area contributed by atoms with Crippen LogP contribution < -0.4 is 4.74 Å². The second-order valence-electron chi connectivity index (χ2n) is 8.13. The van der Waals surface area contributed by atoms with Crippen LogP contribution in [-0.2, 0) is 4.79 Å². The number of pyridine rings is 1. The minimum Gasteiger partial charge on any atom is -0.475 e. The second-order valence-corrected chi connectivity index (χ2v) is 8.13. The highest BCUT2D eigenvalue weighted by molar-refractivity contribution is 6.04. The molecule has 1 unspecified atom stereocenters. The number of piperidine rings is 1. The van der Waals surface area contributed by atoms with Crippen LogP contribution in [0.3, 0.4) is 0 Å². The van der Waals surface area contributed by atoms with Gasteiger partial charge in [0.15, 0.2) is 11.8 Å². The third kappa shape index (κ3) is 5.76. The van der Waals surface area contributed by atoms with Crippen LogP contribution in [0, 0.1) is 0 Å². The summed E-state index contributed by atoms with van der Waals surface area (Å²) in [4.78, 5) is 27.6. The third-order valence-electron chi connectivity index (χ3n) is 5.61. The lowest BCUT2D eigenvalue weighted by molar-refractivity contribution is -0.192. The van der Waals surface area contributed by atoms with Crippen molar-refractivity contribution in [3.63, 3.8) is 0 Å². The van der Waals surface area contributed by atoms with E-state index >= 15 is 0 Å². The van der Waals surface area contributed by atoms with E-state index in [-0.39, 0.29) is 24.7 Å². The van der Waals surface area contributed by atoms with Gasteiger partial charge in [0.05, 0.1) is 17.6 Å². The number of aromatic amines is 1. The number of fused-ring (bicyclic) bond motifs is 2. The molecule has 1 aliphatic rings. The van der Waals surface area contributed by atoms with Crippen LogP contribution in [0.2, 0.25) is 0 Å². The summed E-state index contributed by atoms with van der Waals surface area (Å²) in [5.74, 6) is -6.12. The van der Waals surface area contributed by atoms with Crippen molar-refractivity contribution in [2.45, 2.75) is 24.6 Å². The van der Waals surface area contributed by atoms with Gasteiger partial charge in [-0.25, -0.2) is 18.6 Å². The Kier molecular flexibility index (Phi) is 6.96. The van der Waals surface area contributed by atoms with Gasteiger partial charge in [0, 0.05) is 29.8 Å². The van der Waals surface area contributed by atoms with E-state index in [0.29, 0.717) is 10.9 Å². The Morgan fingerprint density at radius 2 is 1.73 bits per heavy atom. The highest BCUT2D eigenvalue weighted by Crippen LogP contribution is 2.32. The number of aromatic nitrogens is 3. The maximum atomic E-state index is 14.6. The average molecular weight is 522 g/mol. The molecule has 0 aliphatic carbocycles. The molecular weight excluding hydrogens is 503 g/mol. The zero-order valence-corrected chi connectivity index (χ0v) is 18.9. The number of rotatable bonds is 3. The lowest BCUT2D eigenvalue weighted by Gasteiger charge is -2.37. The van der Waals surface area contributed by atoms with E-state index in [1.807, 2.05) is 24.3 Å². The first-order valence-corrected chi connectivity index (χ1v) is 10.9. The van der Waals surface area contributed by atoms with Gasteiger partial charge in [-0.3, -0.25) is 9.89 Å². The first kappa shape index (κ1) is 25.8. The molecule has 1 amide bonds. The Morgan fingerprint density at radius 1 is 1.05 bits per heavy atom. The molecule has 0 radical (unpaired) electrons. The van der Waals surface area contributed by atoms with Crippen molar-refractivity contribution in [1.82, 2.24) is 20.1 Å². The molecule has 0 saturated carbocycles. The quantitative estimate of drug-likeness (QED) is 0.379. The van der Waals surface area contributed by atoms with Crippen LogP contribution in [0.5, 0.6) is 5.88 Å². The smallest absolute Gasteiger partial charge is 0.475 e. The predicted octanol–water partition coefficient (Wildman–Crippen LogP) is 4.67. The SMILES string of the molecule is O=C(O)C(F)(F)F.O=C(c1n[nH]c2ccccc12)N1CCC(F)(F)C(Oc2ccc3ccccc3n2)C1. The molecule has 2 aromatic heterocycles. The fraction of sp³-hybridized carbons (Fsp3) is 0.250. The zero-order valence-electron chi connectivity index (χ0n) is 18.9. The number of para-hydroxylation sites is 2. The van der Waals surface area contributed by atoms with Crippen molar-refractivity contribution in [1.29, 1.82) is 0 Å². The molecule has 2 aromatic carbocycles. The largest absolute Gasteiger partial charge is 0.490 e. The van der Waals surface area contributed by atoms with Crippen LogP contribution >= 0.6 is 0 Å². The molecule has 2 N–H and O–H groups in total. The lowest BCUT2D eigenvalue weighted by atomic mass is 10.0. The lowest BCUT2D eigenvalue weighted by Crippen LogP contribution is -2.55. The minimum atomic E-state index is -5.08. The number of carboxylic acids is 1. The number of nitrogens with one attached hydrogen (secondary N) is 1. The molecule has 1 fully saturated rings. The maximum Gasteiger partial charge on any atom is 0.490 e. The van der Waals surface area contributed by atoms with Gasteiger partial charge < -0.3 is 14.7 Å². The van der Waals surface area contributed by atoms with Gasteiger partial charge >= 0.3 is 12.1 Å². The molecule has 4 aromatic rings. The van der Waals surface area contributed by atoms with Crippen molar-refractivity contribution < 1.29 is 41.4 Å². The summed E-state index contributed by atoms with van der Waals surface area (Å²) >= 11 is 0. The van der Waals surface area contributed by atoms with Crippen LogP contribution in [-0.4, -0.2) is 68.4 Å². The topological polar surface area (TPSA) is 108 Å². The molecule has 1 atom stereocenters. The van der Waals surface area contributed by atoms with Crippen LogP contribution in [0.1, 0.15) is 16.9 Å². The number of alkyl halides is 5. The second kappa shape index (κ2) is 9.99. The summed E-state index contributed by atoms with van der Waals surface area (Å²) in [5, 5.41) is 15.6. The fourth-order valence-electron chi connectivity index (χ4n) is 3.71. The molecule has 0 bridgehead atoms. The summed E-state index contributed by atoms with van der Waals surface area (Å²) in [6.45, 7) is -0.320. The number of hydrogen-bond acceptors (Lipinski definition) is 5.